The first-order valence-corrected chi connectivity index (χ1v) is 10.5. The molecule has 2 heterocycles. The van der Waals surface area contributed by atoms with E-state index < -0.39 is 0 Å². The molecular formula is C24H28N2O6. The fourth-order valence-electron chi connectivity index (χ4n) is 3.95. The standard InChI is InChI=1S/C24H28N2O6/c1-15(17-5-6-19-20(11-17)32-14-31-19)25-24(27)26-9-7-16(8-10-26)23-21(29-3)12-18(28-2)13-22(23)30-4/h5-7,11-13,15H,8-10,14H2,1-4H3,(H,25,27)/t15-/m1/s1. The molecule has 8 nitrogen and oxygen atoms in total. The summed E-state index contributed by atoms with van der Waals surface area (Å²) < 4.78 is 27.3. The number of urea groups is 1. The molecule has 2 amide bonds. The minimum atomic E-state index is -0.163. The molecule has 170 valence electrons. The zero-order valence-electron chi connectivity index (χ0n) is 18.8. The van der Waals surface area contributed by atoms with Gasteiger partial charge in [0.15, 0.2) is 11.5 Å². The van der Waals surface area contributed by atoms with E-state index >= 15 is 0 Å². The molecule has 32 heavy (non-hydrogen) atoms. The summed E-state index contributed by atoms with van der Waals surface area (Å²) in [7, 11) is 4.85. The van der Waals surface area contributed by atoms with Crippen LogP contribution in [0.1, 0.15) is 30.5 Å². The predicted octanol–water partition coefficient (Wildman–Crippen LogP) is 4.00. The molecule has 0 aliphatic carbocycles. The highest BCUT2D eigenvalue weighted by Crippen LogP contribution is 2.41. The van der Waals surface area contributed by atoms with Crippen molar-refractivity contribution in [3.05, 3.63) is 47.5 Å². The summed E-state index contributed by atoms with van der Waals surface area (Å²) in [5.41, 5.74) is 2.93. The van der Waals surface area contributed by atoms with Crippen LogP contribution in [0, 0.1) is 0 Å². The SMILES string of the molecule is COc1cc(OC)c(C2=CCN(C(=O)N[C@H](C)c3ccc4c(c3)OCO4)CC2)c(OC)c1. The van der Waals surface area contributed by atoms with Crippen molar-refractivity contribution in [2.24, 2.45) is 0 Å². The van der Waals surface area contributed by atoms with Crippen LogP contribution in [0.2, 0.25) is 0 Å². The summed E-state index contributed by atoms with van der Waals surface area (Å²) in [6.45, 7) is 3.26. The Morgan fingerprint density at radius 1 is 1.03 bits per heavy atom. The van der Waals surface area contributed by atoms with Crippen molar-refractivity contribution < 1.29 is 28.5 Å². The molecule has 0 saturated carbocycles. The zero-order chi connectivity index (χ0) is 22.7. The summed E-state index contributed by atoms with van der Waals surface area (Å²) in [5.74, 6) is 3.46. The van der Waals surface area contributed by atoms with Gasteiger partial charge in [0.1, 0.15) is 17.2 Å². The number of rotatable bonds is 6. The van der Waals surface area contributed by atoms with Gasteiger partial charge in [-0.05, 0) is 36.6 Å². The number of ether oxygens (including phenoxy) is 5. The highest BCUT2D eigenvalue weighted by atomic mass is 16.7. The van der Waals surface area contributed by atoms with Gasteiger partial charge in [0, 0.05) is 25.2 Å². The molecule has 8 heteroatoms. The fraction of sp³-hybridized carbons (Fsp3) is 0.375. The molecule has 0 radical (unpaired) electrons. The van der Waals surface area contributed by atoms with Crippen LogP contribution in [0.5, 0.6) is 28.7 Å². The lowest BCUT2D eigenvalue weighted by molar-refractivity contribution is 0.174. The molecule has 0 spiro atoms. The van der Waals surface area contributed by atoms with Crippen molar-refractivity contribution in [1.29, 1.82) is 0 Å². The molecule has 1 N–H and O–H groups in total. The van der Waals surface area contributed by atoms with Crippen molar-refractivity contribution in [2.45, 2.75) is 19.4 Å². The van der Waals surface area contributed by atoms with Gasteiger partial charge in [-0.25, -0.2) is 4.79 Å². The van der Waals surface area contributed by atoms with Gasteiger partial charge >= 0.3 is 6.03 Å². The van der Waals surface area contributed by atoms with Gasteiger partial charge < -0.3 is 33.9 Å². The quantitative estimate of drug-likeness (QED) is 0.732. The summed E-state index contributed by atoms with van der Waals surface area (Å²) >= 11 is 0. The van der Waals surface area contributed by atoms with Gasteiger partial charge in [0.25, 0.3) is 0 Å². The second-order valence-electron chi connectivity index (χ2n) is 7.62. The van der Waals surface area contributed by atoms with Crippen LogP contribution in [0.15, 0.2) is 36.4 Å². The van der Waals surface area contributed by atoms with E-state index in [2.05, 4.69) is 5.32 Å². The van der Waals surface area contributed by atoms with E-state index in [4.69, 9.17) is 23.7 Å². The zero-order valence-corrected chi connectivity index (χ0v) is 18.8. The van der Waals surface area contributed by atoms with Gasteiger partial charge in [-0.2, -0.15) is 0 Å². The molecule has 1 atom stereocenters. The molecule has 0 unspecified atom stereocenters. The number of nitrogens with zero attached hydrogens (tertiary/aromatic N) is 1. The number of amides is 2. The highest BCUT2D eigenvalue weighted by Gasteiger charge is 2.24. The largest absolute Gasteiger partial charge is 0.496 e. The monoisotopic (exact) mass is 440 g/mol. The van der Waals surface area contributed by atoms with Crippen molar-refractivity contribution in [3.8, 4) is 28.7 Å². The average Bonchev–Trinajstić information content (AvgIpc) is 3.31. The number of fused-ring (bicyclic) bond motifs is 1. The lowest BCUT2D eigenvalue weighted by Crippen LogP contribution is -2.43. The van der Waals surface area contributed by atoms with Crippen LogP contribution in [0.25, 0.3) is 5.57 Å². The van der Waals surface area contributed by atoms with Gasteiger partial charge in [-0.1, -0.05) is 12.1 Å². The number of methoxy groups -OCH3 is 3. The molecule has 2 aromatic rings. The minimum Gasteiger partial charge on any atom is -0.496 e. The Kier molecular flexibility index (Phi) is 6.30. The highest BCUT2D eigenvalue weighted by molar-refractivity contribution is 5.80. The molecule has 4 rings (SSSR count). The van der Waals surface area contributed by atoms with Crippen LogP contribution in [-0.2, 0) is 0 Å². The van der Waals surface area contributed by atoms with Crippen molar-refractivity contribution in [2.75, 3.05) is 41.2 Å². The Balaban J connectivity index is 1.45. The lowest BCUT2D eigenvalue weighted by Gasteiger charge is -2.29. The molecule has 2 aliphatic heterocycles. The third-order valence-corrected chi connectivity index (χ3v) is 5.77. The maximum atomic E-state index is 12.9. The second-order valence-corrected chi connectivity index (χ2v) is 7.62. The Morgan fingerprint density at radius 2 is 1.75 bits per heavy atom. The normalized spacial score (nSPS) is 15.6. The molecular weight excluding hydrogens is 412 g/mol. The molecule has 2 aromatic carbocycles. The van der Waals surface area contributed by atoms with Gasteiger partial charge in [0.05, 0.1) is 32.9 Å². The van der Waals surface area contributed by atoms with Crippen LogP contribution in [0.4, 0.5) is 4.79 Å². The topological polar surface area (TPSA) is 78.5 Å². The predicted molar refractivity (Wildman–Crippen MR) is 120 cm³/mol. The summed E-state index contributed by atoms with van der Waals surface area (Å²) in [4.78, 5) is 14.6. The van der Waals surface area contributed by atoms with E-state index in [1.807, 2.05) is 43.3 Å². The van der Waals surface area contributed by atoms with E-state index in [1.165, 1.54) is 0 Å². The smallest absolute Gasteiger partial charge is 0.318 e. The lowest BCUT2D eigenvalue weighted by atomic mass is 9.97. The first-order valence-electron chi connectivity index (χ1n) is 10.5. The Morgan fingerprint density at radius 3 is 2.38 bits per heavy atom. The van der Waals surface area contributed by atoms with E-state index in [1.54, 1.807) is 26.2 Å². The number of carbonyl (C=O) groups excluding carboxylic acids is 1. The number of carbonyl (C=O) groups is 1. The summed E-state index contributed by atoms with van der Waals surface area (Å²) in [6, 6.07) is 9.11. The first kappa shape index (κ1) is 21.7. The Labute approximate surface area is 187 Å². The van der Waals surface area contributed by atoms with Crippen molar-refractivity contribution in [3.63, 3.8) is 0 Å². The summed E-state index contributed by atoms with van der Waals surface area (Å²) in [5, 5.41) is 3.07. The number of nitrogens with one attached hydrogen (secondary N) is 1. The maximum absolute atomic E-state index is 12.9. The fourth-order valence-corrected chi connectivity index (χ4v) is 3.95. The van der Waals surface area contributed by atoms with Crippen molar-refractivity contribution >= 4 is 11.6 Å². The average molecular weight is 440 g/mol. The molecule has 0 saturated heterocycles. The van der Waals surface area contributed by atoms with Crippen LogP contribution >= 0.6 is 0 Å². The van der Waals surface area contributed by atoms with E-state index in [0.717, 1.165) is 22.4 Å². The van der Waals surface area contributed by atoms with Crippen molar-refractivity contribution in [1.82, 2.24) is 10.2 Å². The van der Waals surface area contributed by atoms with Gasteiger partial charge in [-0.3, -0.25) is 0 Å². The van der Waals surface area contributed by atoms with Gasteiger partial charge in [0.2, 0.25) is 6.79 Å². The number of benzene rings is 2. The first-order chi connectivity index (χ1) is 15.5. The van der Waals surface area contributed by atoms with Crippen LogP contribution < -0.4 is 29.0 Å². The van der Waals surface area contributed by atoms with E-state index in [-0.39, 0.29) is 18.9 Å². The Hall–Kier alpha value is -3.55. The Bertz CT molecular complexity index is 1010. The van der Waals surface area contributed by atoms with E-state index in [0.29, 0.717) is 42.5 Å². The van der Waals surface area contributed by atoms with Crippen LogP contribution in [0.3, 0.4) is 0 Å². The van der Waals surface area contributed by atoms with Gasteiger partial charge in [-0.15, -0.1) is 0 Å². The number of hydrogen-bond acceptors (Lipinski definition) is 6. The van der Waals surface area contributed by atoms with E-state index in [9.17, 15) is 4.79 Å². The summed E-state index contributed by atoms with van der Waals surface area (Å²) in [6.07, 6.45) is 2.73. The molecule has 0 bridgehead atoms. The molecule has 2 aliphatic rings. The molecule has 0 fully saturated rings. The molecule has 0 aromatic heterocycles. The number of hydrogen-bond donors (Lipinski definition) is 1. The van der Waals surface area contributed by atoms with Crippen LogP contribution in [-0.4, -0.2) is 52.1 Å². The second kappa shape index (κ2) is 9.30. The minimum absolute atomic E-state index is 0.112. The maximum Gasteiger partial charge on any atom is 0.318 e. The third-order valence-electron chi connectivity index (χ3n) is 5.77. The third kappa shape index (κ3) is 4.26.